The molecule has 0 saturated carbocycles. The van der Waals surface area contributed by atoms with Crippen molar-refractivity contribution < 1.29 is 36.6 Å². The summed E-state index contributed by atoms with van der Waals surface area (Å²) in [5, 5.41) is 29.7. The van der Waals surface area contributed by atoms with Crippen LogP contribution in [0.2, 0.25) is 0 Å². The number of nitrogens with zero attached hydrogens (tertiary/aromatic N) is 6. The predicted octanol–water partition coefficient (Wildman–Crippen LogP) is 3.22. The Morgan fingerprint density at radius 1 is 1.05 bits per heavy atom. The summed E-state index contributed by atoms with van der Waals surface area (Å²) >= 11 is 0.946. The number of nitrogens with one attached hydrogen (secondary N) is 2. The van der Waals surface area contributed by atoms with E-state index in [4.69, 9.17) is 0 Å². The highest BCUT2D eigenvalue weighted by atomic mass is 32.1. The molecule has 4 aromatic rings. The summed E-state index contributed by atoms with van der Waals surface area (Å²) in [6.45, 7) is -0.701. The number of aromatic hydroxyl groups is 1. The van der Waals surface area contributed by atoms with Crippen molar-refractivity contribution in [3.8, 4) is 5.75 Å². The van der Waals surface area contributed by atoms with Crippen molar-refractivity contribution in [3.05, 3.63) is 81.1 Å². The predicted molar refractivity (Wildman–Crippen MR) is 133 cm³/mol. The van der Waals surface area contributed by atoms with Gasteiger partial charge in [0.25, 0.3) is 11.8 Å². The molecule has 0 bridgehead atoms. The van der Waals surface area contributed by atoms with Crippen molar-refractivity contribution in [2.45, 2.75) is 44.8 Å². The maximum absolute atomic E-state index is 14.6. The second-order valence-electron chi connectivity index (χ2n) is 8.64. The van der Waals surface area contributed by atoms with Crippen LogP contribution in [0.1, 0.15) is 48.5 Å². The Kier molecular flexibility index (Phi) is 9.16. The topological polar surface area (TPSA) is 148 Å². The van der Waals surface area contributed by atoms with Crippen molar-refractivity contribution >= 4 is 23.2 Å². The highest BCUT2D eigenvalue weighted by Gasteiger charge is 2.30. The van der Waals surface area contributed by atoms with Gasteiger partial charge in [0.05, 0.1) is 30.5 Å². The fraction of sp³-hybridized carbons (Fsp3) is 0.292. The minimum atomic E-state index is -4.54. The lowest BCUT2D eigenvalue weighted by Gasteiger charge is -2.08. The number of hydrogen-bond donors (Lipinski definition) is 3. The molecule has 0 fully saturated rings. The molecular formula is C24H21F5N8O3S. The molecule has 1 unspecified atom stereocenters. The maximum atomic E-state index is 14.6. The zero-order valence-corrected chi connectivity index (χ0v) is 21.7. The van der Waals surface area contributed by atoms with Gasteiger partial charge < -0.3 is 15.7 Å². The minimum absolute atomic E-state index is 0.00299. The molecule has 1 atom stereocenters. The molecule has 2 amide bonds. The SMILES string of the molecule is O=C(NCc1cc(C(F)(F)F)ccn1)c1cn(CC(F)CCc2nnc(C(=O)NCc3cc(O)ccc3F)s2)nn1. The van der Waals surface area contributed by atoms with Gasteiger partial charge >= 0.3 is 6.18 Å². The number of benzene rings is 1. The molecule has 0 aliphatic heterocycles. The first-order chi connectivity index (χ1) is 19.5. The monoisotopic (exact) mass is 596 g/mol. The zero-order valence-electron chi connectivity index (χ0n) is 20.9. The van der Waals surface area contributed by atoms with E-state index in [1.165, 1.54) is 18.3 Å². The van der Waals surface area contributed by atoms with E-state index in [1.54, 1.807) is 0 Å². The van der Waals surface area contributed by atoms with Crippen LogP contribution >= 0.6 is 11.3 Å². The van der Waals surface area contributed by atoms with Gasteiger partial charge in [-0.3, -0.25) is 14.6 Å². The summed E-state index contributed by atoms with van der Waals surface area (Å²) in [5.41, 5.74) is -0.974. The maximum Gasteiger partial charge on any atom is 0.416 e. The number of rotatable bonds is 11. The quantitative estimate of drug-likeness (QED) is 0.224. The van der Waals surface area contributed by atoms with Crippen LogP contribution in [0, 0.1) is 5.82 Å². The van der Waals surface area contributed by atoms with Gasteiger partial charge in [0.2, 0.25) is 5.01 Å². The van der Waals surface area contributed by atoms with Crippen LogP contribution < -0.4 is 10.6 Å². The second-order valence-corrected chi connectivity index (χ2v) is 9.70. The lowest BCUT2D eigenvalue weighted by Crippen LogP contribution is -2.24. The van der Waals surface area contributed by atoms with Crippen LogP contribution in [0.4, 0.5) is 22.0 Å². The highest BCUT2D eigenvalue weighted by Crippen LogP contribution is 2.29. The summed E-state index contributed by atoms with van der Waals surface area (Å²) in [7, 11) is 0. The molecule has 3 aromatic heterocycles. The Morgan fingerprint density at radius 3 is 2.61 bits per heavy atom. The standard InChI is InChI=1S/C24H21F5N8O3S/c25-15(1-4-20-34-35-23(41-20)22(40)31-9-13-7-17(38)2-3-18(13)26)11-37-12-19(33-36-37)21(39)32-10-16-8-14(5-6-30-16)24(27,28)29/h2-3,5-8,12,15,38H,1,4,9-11H2,(H,31,40)(H,32,39). The van der Waals surface area contributed by atoms with Crippen LogP contribution in [-0.2, 0) is 32.2 Å². The van der Waals surface area contributed by atoms with Crippen LogP contribution in [0.15, 0.2) is 42.7 Å². The molecular weight excluding hydrogens is 575 g/mol. The minimum Gasteiger partial charge on any atom is -0.508 e. The molecule has 11 nitrogen and oxygen atoms in total. The number of pyridine rings is 1. The number of carbonyl (C=O) groups is 2. The van der Waals surface area contributed by atoms with Crippen LogP contribution in [0.25, 0.3) is 0 Å². The number of alkyl halides is 4. The van der Waals surface area contributed by atoms with E-state index in [9.17, 15) is 36.6 Å². The van der Waals surface area contributed by atoms with Crippen molar-refractivity contribution in [2.24, 2.45) is 0 Å². The molecule has 0 radical (unpaired) electrons. The lowest BCUT2D eigenvalue weighted by molar-refractivity contribution is -0.137. The molecule has 17 heteroatoms. The molecule has 0 aliphatic rings. The number of hydrogen-bond acceptors (Lipinski definition) is 9. The summed E-state index contributed by atoms with van der Waals surface area (Å²) in [4.78, 5) is 28.4. The van der Waals surface area contributed by atoms with Crippen molar-refractivity contribution in [2.75, 3.05) is 0 Å². The molecule has 1 aromatic carbocycles. The van der Waals surface area contributed by atoms with Gasteiger partial charge in [-0.05, 0) is 36.8 Å². The van der Waals surface area contributed by atoms with Gasteiger partial charge in [0.15, 0.2) is 5.69 Å². The first-order valence-corrected chi connectivity index (χ1v) is 12.7. The third-order valence-corrected chi connectivity index (χ3v) is 6.51. The lowest BCUT2D eigenvalue weighted by atomic mass is 10.2. The molecule has 216 valence electrons. The van der Waals surface area contributed by atoms with Gasteiger partial charge in [-0.2, -0.15) is 13.2 Å². The van der Waals surface area contributed by atoms with E-state index < -0.39 is 35.5 Å². The third-order valence-electron chi connectivity index (χ3n) is 5.53. The zero-order chi connectivity index (χ0) is 29.6. The fourth-order valence-corrected chi connectivity index (χ4v) is 4.24. The summed E-state index contributed by atoms with van der Waals surface area (Å²) in [6, 6.07) is 5.07. The van der Waals surface area contributed by atoms with Crippen molar-refractivity contribution in [3.63, 3.8) is 0 Å². The normalized spacial score (nSPS) is 12.2. The number of halogens is 5. The van der Waals surface area contributed by atoms with Crippen LogP contribution in [-0.4, -0.2) is 53.3 Å². The van der Waals surface area contributed by atoms with E-state index in [2.05, 4.69) is 36.1 Å². The largest absolute Gasteiger partial charge is 0.508 e. The first-order valence-electron chi connectivity index (χ1n) is 11.9. The van der Waals surface area contributed by atoms with E-state index in [0.717, 1.165) is 40.4 Å². The van der Waals surface area contributed by atoms with E-state index in [-0.39, 0.29) is 60.2 Å². The van der Waals surface area contributed by atoms with Crippen LogP contribution in [0.3, 0.4) is 0 Å². The van der Waals surface area contributed by atoms with Gasteiger partial charge in [0.1, 0.15) is 22.7 Å². The Bertz CT molecular complexity index is 1530. The second kappa shape index (κ2) is 12.8. The van der Waals surface area contributed by atoms with Gasteiger partial charge in [-0.15, -0.1) is 15.3 Å². The molecule has 3 N–H and O–H groups in total. The fourth-order valence-electron chi connectivity index (χ4n) is 3.47. The smallest absolute Gasteiger partial charge is 0.416 e. The third kappa shape index (κ3) is 8.23. The molecule has 0 aliphatic carbocycles. The number of aryl methyl sites for hydroxylation is 1. The highest BCUT2D eigenvalue weighted by molar-refractivity contribution is 7.13. The first kappa shape index (κ1) is 29.4. The number of phenols is 1. The number of carbonyl (C=O) groups excluding carboxylic acids is 2. The summed E-state index contributed by atoms with van der Waals surface area (Å²) < 4.78 is 67.9. The number of phenolic OH excluding ortho intramolecular Hbond substituents is 1. The molecule has 0 saturated heterocycles. The molecule has 4 rings (SSSR count). The number of amides is 2. The van der Waals surface area contributed by atoms with Crippen LogP contribution in [0.5, 0.6) is 5.75 Å². The number of aromatic nitrogens is 6. The summed E-state index contributed by atoms with van der Waals surface area (Å²) in [5.74, 6) is -2.07. The molecule has 0 spiro atoms. The Morgan fingerprint density at radius 2 is 1.83 bits per heavy atom. The summed E-state index contributed by atoms with van der Waals surface area (Å²) in [6.07, 6.45) is -3.63. The average molecular weight is 597 g/mol. The average Bonchev–Trinajstić information content (AvgIpc) is 3.61. The van der Waals surface area contributed by atoms with Gasteiger partial charge in [-0.1, -0.05) is 16.6 Å². The van der Waals surface area contributed by atoms with E-state index in [0.29, 0.717) is 5.01 Å². The Balaban J connectivity index is 1.22. The van der Waals surface area contributed by atoms with Crippen molar-refractivity contribution in [1.82, 2.24) is 40.8 Å². The van der Waals surface area contributed by atoms with E-state index in [1.807, 2.05) is 0 Å². The van der Waals surface area contributed by atoms with E-state index >= 15 is 0 Å². The van der Waals surface area contributed by atoms with Gasteiger partial charge in [0, 0.05) is 24.7 Å². The Hall–Kier alpha value is -4.54. The molecule has 3 heterocycles. The van der Waals surface area contributed by atoms with Gasteiger partial charge in [-0.25, -0.2) is 13.5 Å². The van der Waals surface area contributed by atoms with Crippen molar-refractivity contribution in [1.29, 1.82) is 0 Å². The molecule has 41 heavy (non-hydrogen) atoms. The Labute approximate surface area is 232 Å².